The lowest BCUT2D eigenvalue weighted by atomic mass is 10.0. The number of carboxylic acid groups (broad SMARTS) is 1. The number of benzene rings is 1. The molecule has 7 heteroatoms. The smallest absolute Gasteiger partial charge is 0.328 e. The largest absolute Gasteiger partial charge is 0.478 e. The van der Waals surface area contributed by atoms with E-state index in [1.165, 1.54) is 6.08 Å². The quantitative estimate of drug-likeness (QED) is 0.689. The van der Waals surface area contributed by atoms with Gasteiger partial charge in [0.05, 0.1) is 5.02 Å². The molecule has 0 bridgehead atoms. The Hall–Kier alpha value is -2.08. The molecule has 0 unspecified atom stereocenters. The van der Waals surface area contributed by atoms with E-state index >= 15 is 0 Å². The normalized spacial score (nSPS) is 15.9. The minimum atomic E-state index is -1.00. The zero-order valence-corrected chi connectivity index (χ0v) is 16.2. The standard InChI is InChI=1S/C20H21Cl2N3O2/c21-17-4-2-1-3-15(17)13-25-9-7-16(8-10-25)24-20-18(22)11-14(12-23-20)5-6-19(26)27/h1-6,11-12,16H,7-10,13H2,(H,23,24)(H,26,27). The molecule has 27 heavy (non-hydrogen) atoms. The molecular formula is C20H21Cl2N3O2. The number of halogens is 2. The molecule has 1 fully saturated rings. The van der Waals surface area contributed by atoms with Crippen molar-refractivity contribution in [3.05, 3.63) is 63.8 Å². The Morgan fingerprint density at radius 1 is 1.26 bits per heavy atom. The van der Waals surface area contributed by atoms with Crippen LogP contribution in [0.5, 0.6) is 0 Å². The van der Waals surface area contributed by atoms with E-state index in [1.54, 1.807) is 12.3 Å². The van der Waals surface area contributed by atoms with Crippen molar-refractivity contribution in [2.75, 3.05) is 18.4 Å². The number of anilines is 1. The Balaban J connectivity index is 1.53. The van der Waals surface area contributed by atoms with Crippen molar-refractivity contribution in [2.45, 2.75) is 25.4 Å². The number of nitrogens with one attached hydrogen (secondary N) is 1. The lowest BCUT2D eigenvalue weighted by Gasteiger charge is -2.33. The monoisotopic (exact) mass is 405 g/mol. The van der Waals surface area contributed by atoms with Gasteiger partial charge in [-0.15, -0.1) is 0 Å². The van der Waals surface area contributed by atoms with Gasteiger partial charge in [-0.2, -0.15) is 0 Å². The number of aliphatic carboxylic acids is 1. The summed E-state index contributed by atoms with van der Waals surface area (Å²) in [7, 11) is 0. The summed E-state index contributed by atoms with van der Waals surface area (Å²) < 4.78 is 0. The Labute approximate surface area is 168 Å². The topological polar surface area (TPSA) is 65.5 Å². The molecule has 1 aliphatic rings. The second kappa shape index (κ2) is 9.22. The molecule has 142 valence electrons. The molecule has 2 aromatic rings. The Morgan fingerprint density at radius 2 is 2.00 bits per heavy atom. The average Bonchev–Trinajstić information content (AvgIpc) is 2.65. The molecule has 1 saturated heterocycles. The van der Waals surface area contributed by atoms with Crippen molar-refractivity contribution in [3.63, 3.8) is 0 Å². The van der Waals surface area contributed by atoms with Crippen LogP contribution in [0.15, 0.2) is 42.6 Å². The van der Waals surface area contributed by atoms with E-state index in [9.17, 15) is 4.79 Å². The van der Waals surface area contributed by atoms with E-state index < -0.39 is 5.97 Å². The highest BCUT2D eigenvalue weighted by Crippen LogP contribution is 2.25. The van der Waals surface area contributed by atoms with Crippen LogP contribution in [0.2, 0.25) is 10.0 Å². The molecule has 3 rings (SSSR count). The maximum absolute atomic E-state index is 10.6. The van der Waals surface area contributed by atoms with E-state index in [0.29, 0.717) is 22.4 Å². The van der Waals surface area contributed by atoms with Crippen LogP contribution in [0.3, 0.4) is 0 Å². The van der Waals surface area contributed by atoms with Gasteiger partial charge in [-0.1, -0.05) is 41.4 Å². The SMILES string of the molecule is O=C(O)C=Cc1cnc(NC2CCN(Cc3ccccc3Cl)CC2)c(Cl)c1. The first kappa shape index (κ1) is 19.7. The first-order chi connectivity index (χ1) is 13.0. The second-order valence-corrected chi connectivity index (χ2v) is 7.37. The van der Waals surface area contributed by atoms with Gasteiger partial charge in [-0.05, 0) is 42.2 Å². The number of carboxylic acids is 1. The van der Waals surface area contributed by atoms with Crippen LogP contribution >= 0.6 is 23.2 Å². The van der Waals surface area contributed by atoms with E-state index in [0.717, 1.165) is 49.1 Å². The summed E-state index contributed by atoms with van der Waals surface area (Å²) in [6, 6.07) is 9.96. The van der Waals surface area contributed by atoms with Gasteiger partial charge in [0.25, 0.3) is 0 Å². The summed E-state index contributed by atoms with van der Waals surface area (Å²) in [6.45, 7) is 2.80. The summed E-state index contributed by atoms with van der Waals surface area (Å²) in [5.41, 5.74) is 1.81. The van der Waals surface area contributed by atoms with Gasteiger partial charge < -0.3 is 10.4 Å². The van der Waals surface area contributed by atoms with Crippen LogP contribution in [0.25, 0.3) is 6.08 Å². The fourth-order valence-electron chi connectivity index (χ4n) is 3.11. The lowest BCUT2D eigenvalue weighted by molar-refractivity contribution is -0.131. The van der Waals surface area contributed by atoms with Crippen LogP contribution in [-0.4, -0.2) is 40.1 Å². The Bertz CT molecular complexity index is 834. The number of hydrogen-bond acceptors (Lipinski definition) is 4. The van der Waals surface area contributed by atoms with Gasteiger partial charge in [0.2, 0.25) is 0 Å². The molecule has 1 aliphatic heterocycles. The van der Waals surface area contributed by atoms with Crippen LogP contribution in [0.4, 0.5) is 5.82 Å². The maximum atomic E-state index is 10.6. The highest BCUT2D eigenvalue weighted by Gasteiger charge is 2.20. The fourth-order valence-corrected chi connectivity index (χ4v) is 3.54. The van der Waals surface area contributed by atoms with E-state index in [4.69, 9.17) is 28.3 Å². The first-order valence-electron chi connectivity index (χ1n) is 8.80. The summed E-state index contributed by atoms with van der Waals surface area (Å²) in [5, 5.41) is 13.4. The number of likely N-dealkylation sites (tertiary alicyclic amines) is 1. The summed E-state index contributed by atoms with van der Waals surface area (Å²) in [6.07, 6.45) is 6.12. The number of pyridine rings is 1. The van der Waals surface area contributed by atoms with E-state index in [1.807, 2.05) is 18.2 Å². The predicted octanol–water partition coefficient (Wildman–Crippen LogP) is 4.56. The van der Waals surface area contributed by atoms with Crippen LogP contribution < -0.4 is 5.32 Å². The summed E-state index contributed by atoms with van der Waals surface area (Å²) in [4.78, 5) is 17.3. The lowest BCUT2D eigenvalue weighted by Crippen LogP contribution is -2.38. The number of aromatic nitrogens is 1. The molecule has 0 spiro atoms. The van der Waals surface area contributed by atoms with Crippen molar-refractivity contribution in [2.24, 2.45) is 0 Å². The Kier molecular flexibility index (Phi) is 6.72. The average molecular weight is 406 g/mol. The van der Waals surface area contributed by atoms with Gasteiger partial charge in [0.15, 0.2) is 0 Å². The molecule has 0 atom stereocenters. The second-order valence-electron chi connectivity index (χ2n) is 6.56. The number of nitrogens with zero attached hydrogens (tertiary/aromatic N) is 2. The summed E-state index contributed by atoms with van der Waals surface area (Å²) >= 11 is 12.5. The van der Waals surface area contributed by atoms with Gasteiger partial charge in [0.1, 0.15) is 5.82 Å². The van der Waals surface area contributed by atoms with Crippen molar-refractivity contribution in [1.29, 1.82) is 0 Å². The third kappa shape index (κ3) is 5.70. The van der Waals surface area contributed by atoms with Crippen LogP contribution in [0.1, 0.15) is 24.0 Å². The predicted molar refractivity (Wildman–Crippen MR) is 109 cm³/mol. The van der Waals surface area contributed by atoms with Crippen molar-refractivity contribution >= 4 is 41.1 Å². The molecule has 1 aromatic heterocycles. The Morgan fingerprint density at radius 3 is 2.67 bits per heavy atom. The fraction of sp³-hybridized carbons (Fsp3) is 0.300. The molecular weight excluding hydrogens is 385 g/mol. The van der Waals surface area contributed by atoms with Crippen molar-refractivity contribution in [1.82, 2.24) is 9.88 Å². The number of piperidine rings is 1. The van der Waals surface area contributed by atoms with Crippen molar-refractivity contribution < 1.29 is 9.90 Å². The van der Waals surface area contributed by atoms with Crippen LogP contribution in [0, 0.1) is 0 Å². The van der Waals surface area contributed by atoms with E-state index in [2.05, 4.69) is 21.3 Å². The third-order valence-corrected chi connectivity index (χ3v) is 5.22. The van der Waals surface area contributed by atoms with Crippen molar-refractivity contribution in [3.8, 4) is 0 Å². The molecule has 0 radical (unpaired) electrons. The van der Waals surface area contributed by atoms with Gasteiger partial charge in [0, 0.05) is 43.0 Å². The maximum Gasteiger partial charge on any atom is 0.328 e. The minimum absolute atomic E-state index is 0.304. The highest BCUT2D eigenvalue weighted by atomic mass is 35.5. The highest BCUT2D eigenvalue weighted by molar-refractivity contribution is 6.33. The zero-order valence-electron chi connectivity index (χ0n) is 14.7. The molecule has 1 aromatic carbocycles. The van der Waals surface area contributed by atoms with Gasteiger partial charge >= 0.3 is 5.97 Å². The molecule has 0 aliphatic carbocycles. The zero-order chi connectivity index (χ0) is 19.2. The number of carbonyl (C=O) groups is 1. The number of rotatable bonds is 6. The number of hydrogen-bond donors (Lipinski definition) is 2. The molecule has 5 nitrogen and oxygen atoms in total. The van der Waals surface area contributed by atoms with E-state index in [-0.39, 0.29) is 0 Å². The van der Waals surface area contributed by atoms with Gasteiger partial charge in [-0.25, -0.2) is 9.78 Å². The summed E-state index contributed by atoms with van der Waals surface area (Å²) in [5.74, 6) is -0.370. The molecule has 2 N–H and O–H groups in total. The van der Waals surface area contributed by atoms with Crippen LogP contribution in [-0.2, 0) is 11.3 Å². The van der Waals surface area contributed by atoms with Gasteiger partial charge in [-0.3, -0.25) is 4.90 Å². The minimum Gasteiger partial charge on any atom is -0.478 e. The molecule has 0 amide bonds. The molecule has 0 saturated carbocycles. The molecule has 2 heterocycles. The third-order valence-electron chi connectivity index (χ3n) is 4.56. The first-order valence-corrected chi connectivity index (χ1v) is 9.55.